The minimum absolute atomic E-state index is 0.375. The first-order valence-corrected chi connectivity index (χ1v) is 6.43. The summed E-state index contributed by atoms with van der Waals surface area (Å²) in [5.41, 5.74) is 0. The fourth-order valence-corrected chi connectivity index (χ4v) is 2.12. The van der Waals surface area contributed by atoms with Crippen LogP contribution < -0.4 is 5.32 Å². The van der Waals surface area contributed by atoms with E-state index in [1.807, 2.05) is 0 Å². The molecule has 0 aromatic heterocycles. The summed E-state index contributed by atoms with van der Waals surface area (Å²) in [4.78, 5) is 13.5. The molecule has 1 atom stereocenters. The zero-order valence-corrected chi connectivity index (χ0v) is 9.98. The van der Waals surface area contributed by atoms with Crippen LogP contribution >= 0.6 is 0 Å². The molecule has 2 rings (SSSR count). The van der Waals surface area contributed by atoms with Crippen LogP contribution in [0.15, 0.2) is 0 Å². The van der Waals surface area contributed by atoms with E-state index in [-0.39, 0.29) is 6.04 Å². The van der Waals surface area contributed by atoms with E-state index in [2.05, 4.69) is 17.1 Å². The number of aliphatic carboxylic acids is 1. The highest BCUT2D eigenvalue weighted by Gasteiger charge is 2.34. The first kappa shape index (κ1) is 11.9. The molecule has 0 aromatic rings. The minimum atomic E-state index is -0.700. The zero-order valence-electron chi connectivity index (χ0n) is 9.98. The molecular weight excluding hydrogens is 204 g/mol. The third-order valence-corrected chi connectivity index (χ3v) is 3.30. The highest BCUT2D eigenvalue weighted by atomic mass is 16.4. The molecule has 2 fully saturated rings. The molecule has 4 nitrogen and oxygen atoms in total. The van der Waals surface area contributed by atoms with Crippen molar-refractivity contribution in [2.24, 2.45) is 0 Å². The predicted molar refractivity (Wildman–Crippen MR) is 62.5 cm³/mol. The molecule has 1 unspecified atom stereocenters. The van der Waals surface area contributed by atoms with Gasteiger partial charge < -0.3 is 10.4 Å². The lowest BCUT2D eigenvalue weighted by atomic mass is 10.2. The summed E-state index contributed by atoms with van der Waals surface area (Å²) < 4.78 is 0. The Morgan fingerprint density at radius 3 is 2.56 bits per heavy atom. The van der Waals surface area contributed by atoms with Crippen molar-refractivity contribution >= 4 is 5.97 Å². The molecule has 0 aliphatic heterocycles. The van der Waals surface area contributed by atoms with Crippen molar-refractivity contribution in [1.29, 1.82) is 0 Å². The van der Waals surface area contributed by atoms with Gasteiger partial charge in [0.1, 0.15) is 6.04 Å². The van der Waals surface area contributed by atoms with E-state index in [0.29, 0.717) is 18.6 Å². The van der Waals surface area contributed by atoms with Crippen molar-refractivity contribution < 1.29 is 9.90 Å². The number of hydrogen-bond donors (Lipinski definition) is 2. The molecule has 0 amide bonds. The summed E-state index contributed by atoms with van der Waals surface area (Å²) in [5, 5.41) is 12.4. The van der Waals surface area contributed by atoms with Crippen molar-refractivity contribution in [2.75, 3.05) is 13.1 Å². The quantitative estimate of drug-likeness (QED) is 0.650. The van der Waals surface area contributed by atoms with Crippen LogP contribution in [-0.4, -0.2) is 47.2 Å². The lowest BCUT2D eigenvalue weighted by molar-refractivity contribution is -0.140. The fourth-order valence-electron chi connectivity index (χ4n) is 2.12. The SMILES string of the molecule is CCCN(CC(NC1CC1)C(=O)O)C1CC1. The lowest BCUT2D eigenvalue weighted by Gasteiger charge is -2.25. The Hall–Kier alpha value is -0.610. The molecular formula is C12H22N2O2. The molecule has 2 saturated carbocycles. The van der Waals surface area contributed by atoms with E-state index in [1.165, 1.54) is 12.8 Å². The van der Waals surface area contributed by atoms with E-state index in [0.717, 1.165) is 25.8 Å². The molecule has 16 heavy (non-hydrogen) atoms. The monoisotopic (exact) mass is 226 g/mol. The van der Waals surface area contributed by atoms with Crippen molar-refractivity contribution in [3.63, 3.8) is 0 Å². The summed E-state index contributed by atoms with van der Waals surface area (Å²) in [6.07, 6.45) is 5.87. The molecule has 0 spiro atoms. The van der Waals surface area contributed by atoms with E-state index in [9.17, 15) is 9.90 Å². The molecule has 92 valence electrons. The van der Waals surface area contributed by atoms with Crippen molar-refractivity contribution in [1.82, 2.24) is 10.2 Å². The molecule has 2 N–H and O–H groups in total. The highest BCUT2D eigenvalue weighted by Crippen LogP contribution is 2.27. The third-order valence-electron chi connectivity index (χ3n) is 3.30. The van der Waals surface area contributed by atoms with E-state index >= 15 is 0 Å². The number of nitrogens with one attached hydrogen (secondary N) is 1. The maximum atomic E-state index is 11.2. The van der Waals surface area contributed by atoms with Crippen LogP contribution in [0.4, 0.5) is 0 Å². The molecule has 0 bridgehead atoms. The molecule has 0 radical (unpaired) electrons. The van der Waals surface area contributed by atoms with Gasteiger partial charge in [-0.25, -0.2) is 0 Å². The predicted octanol–water partition coefficient (Wildman–Crippen LogP) is 1.07. The van der Waals surface area contributed by atoms with Crippen molar-refractivity contribution in [2.45, 2.75) is 57.2 Å². The largest absolute Gasteiger partial charge is 0.480 e. The van der Waals surface area contributed by atoms with Gasteiger partial charge in [0.2, 0.25) is 0 Å². The standard InChI is InChI=1S/C12H22N2O2/c1-2-7-14(10-5-6-10)8-11(12(15)16)13-9-3-4-9/h9-11,13H,2-8H2,1H3,(H,15,16). The van der Waals surface area contributed by atoms with Crippen LogP contribution in [0, 0.1) is 0 Å². The number of rotatable bonds is 8. The Bertz CT molecular complexity index is 249. The molecule has 4 heteroatoms. The van der Waals surface area contributed by atoms with Gasteiger partial charge in [0.25, 0.3) is 0 Å². The summed E-state index contributed by atoms with van der Waals surface area (Å²) in [5.74, 6) is -0.700. The Balaban J connectivity index is 1.83. The van der Waals surface area contributed by atoms with E-state index < -0.39 is 5.97 Å². The maximum absolute atomic E-state index is 11.2. The van der Waals surface area contributed by atoms with Crippen LogP contribution in [0.3, 0.4) is 0 Å². The van der Waals surface area contributed by atoms with Crippen LogP contribution in [0.2, 0.25) is 0 Å². The van der Waals surface area contributed by atoms with Gasteiger partial charge in [-0.05, 0) is 38.6 Å². The van der Waals surface area contributed by atoms with Crippen LogP contribution in [0.5, 0.6) is 0 Å². The van der Waals surface area contributed by atoms with Crippen LogP contribution in [0.1, 0.15) is 39.0 Å². The summed E-state index contributed by atoms with van der Waals surface area (Å²) >= 11 is 0. The Labute approximate surface area is 97.0 Å². The van der Waals surface area contributed by atoms with Gasteiger partial charge in [-0.15, -0.1) is 0 Å². The third kappa shape index (κ3) is 3.46. The smallest absolute Gasteiger partial charge is 0.322 e. The maximum Gasteiger partial charge on any atom is 0.322 e. The van der Waals surface area contributed by atoms with Crippen molar-refractivity contribution in [3.8, 4) is 0 Å². The molecule has 0 saturated heterocycles. The minimum Gasteiger partial charge on any atom is -0.480 e. The number of carboxylic acids is 1. The van der Waals surface area contributed by atoms with Crippen LogP contribution in [-0.2, 0) is 4.79 Å². The number of hydrogen-bond acceptors (Lipinski definition) is 3. The lowest BCUT2D eigenvalue weighted by Crippen LogP contribution is -2.47. The second-order valence-corrected chi connectivity index (χ2v) is 5.06. The molecule has 2 aliphatic rings. The van der Waals surface area contributed by atoms with Gasteiger partial charge in [0.05, 0.1) is 0 Å². The van der Waals surface area contributed by atoms with E-state index in [1.54, 1.807) is 0 Å². The Morgan fingerprint density at radius 2 is 2.12 bits per heavy atom. The zero-order chi connectivity index (χ0) is 11.5. The molecule has 0 heterocycles. The topological polar surface area (TPSA) is 52.6 Å². The molecule has 0 aromatic carbocycles. The summed E-state index contributed by atoms with van der Waals surface area (Å²) in [7, 11) is 0. The van der Waals surface area contributed by atoms with Crippen LogP contribution in [0.25, 0.3) is 0 Å². The number of carboxylic acid groups (broad SMARTS) is 1. The summed E-state index contributed by atoms with van der Waals surface area (Å²) in [6, 6.07) is 0.742. The van der Waals surface area contributed by atoms with Gasteiger partial charge in [0.15, 0.2) is 0 Å². The van der Waals surface area contributed by atoms with E-state index in [4.69, 9.17) is 0 Å². The van der Waals surface area contributed by atoms with Gasteiger partial charge in [-0.3, -0.25) is 9.69 Å². The van der Waals surface area contributed by atoms with Crippen molar-refractivity contribution in [3.05, 3.63) is 0 Å². The normalized spacial score (nSPS) is 22.4. The molecule has 2 aliphatic carbocycles. The van der Waals surface area contributed by atoms with Gasteiger partial charge in [0, 0.05) is 18.6 Å². The fraction of sp³-hybridized carbons (Fsp3) is 0.917. The van der Waals surface area contributed by atoms with Gasteiger partial charge >= 0.3 is 5.97 Å². The Morgan fingerprint density at radius 1 is 1.44 bits per heavy atom. The second kappa shape index (κ2) is 5.15. The number of nitrogens with zero attached hydrogens (tertiary/aromatic N) is 1. The van der Waals surface area contributed by atoms with Gasteiger partial charge in [-0.2, -0.15) is 0 Å². The average molecular weight is 226 g/mol. The number of carbonyl (C=O) groups is 1. The average Bonchev–Trinajstić information content (AvgIpc) is 3.09. The first-order valence-electron chi connectivity index (χ1n) is 6.43. The summed E-state index contributed by atoms with van der Waals surface area (Å²) in [6.45, 7) is 3.85. The highest BCUT2D eigenvalue weighted by molar-refractivity contribution is 5.73. The Kier molecular flexibility index (Phi) is 3.82. The first-order chi connectivity index (χ1) is 7.70. The van der Waals surface area contributed by atoms with Gasteiger partial charge in [-0.1, -0.05) is 6.92 Å². The second-order valence-electron chi connectivity index (χ2n) is 5.06.